The van der Waals surface area contributed by atoms with Gasteiger partial charge in [0.2, 0.25) is 0 Å². The predicted molar refractivity (Wildman–Crippen MR) is 89.4 cm³/mol. The van der Waals surface area contributed by atoms with Crippen LogP contribution in [-0.2, 0) is 0 Å². The third-order valence-corrected chi connectivity index (χ3v) is 4.60. The summed E-state index contributed by atoms with van der Waals surface area (Å²) in [4.78, 5) is 12.9. The van der Waals surface area contributed by atoms with Crippen LogP contribution in [-0.4, -0.2) is 5.78 Å². The highest BCUT2D eigenvalue weighted by molar-refractivity contribution is 6.42. The van der Waals surface area contributed by atoms with E-state index in [9.17, 15) is 4.79 Å². The minimum absolute atomic E-state index is 0.0918. The maximum Gasteiger partial charge on any atom is 0.170 e. The topological polar surface area (TPSA) is 17.1 Å². The van der Waals surface area contributed by atoms with Gasteiger partial charge in [-0.25, -0.2) is 0 Å². The molecular weight excluding hydrogens is 303 g/mol. The Labute approximate surface area is 135 Å². The molecule has 0 bridgehead atoms. The van der Waals surface area contributed by atoms with E-state index in [1.54, 1.807) is 18.2 Å². The van der Waals surface area contributed by atoms with E-state index >= 15 is 0 Å². The highest BCUT2D eigenvalue weighted by Gasteiger charge is 2.27. The average molecular weight is 321 g/mol. The molecule has 2 rings (SSSR count). The van der Waals surface area contributed by atoms with Gasteiger partial charge in [0, 0.05) is 11.5 Å². The Morgan fingerprint density at radius 1 is 1.05 bits per heavy atom. The van der Waals surface area contributed by atoms with Gasteiger partial charge in [0.15, 0.2) is 5.78 Å². The van der Waals surface area contributed by atoms with Crippen LogP contribution in [0.2, 0.25) is 10.0 Å². The van der Waals surface area contributed by atoms with Crippen molar-refractivity contribution >= 4 is 29.0 Å². The fourth-order valence-electron chi connectivity index (χ4n) is 2.46. The molecule has 3 heteroatoms. The number of Topliss-reactive ketones (excluding diaryl/α,β-unsaturated/α-hetero) is 1. The van der Waals surface area contributed by atoms with Crippen LogP contribution in [0.15, 0.2) is 48.5 Å². The summed E-state index contributed by atoms with van der Waals surface area (Å²) >= 11 is 12.0. The SMILES string of the molecule is CCC(C)C(C(=O)c1ccc(Cl)c(Cl)c1)c1ccccc1. The molecule has 0 heterocycles. The lowest BCUT2D eigenvalue weighted by atomic mass is 9.80. The van der Waals surface area contributed by atoms with Gasteiger partial charge in [-0.15, -0.1) is 0 Å². The highest BCUT2D eigenvalue weighted by atomic mass is 35.5. The van der Waals surface area contributed by atoms with E-state index in [-0.39, 0.29) is 17.6 Å². The van der Waals surface area contributed by atoms with Crippen molar-refractivity contribution in [2.75, 3.05) is 0 Å². The lowest BCUT2D eigenvalue weighted by Gasteiger charge is -2.22. The molecular formula is C18H18Cl2O. The van der Waals surface area contributed by atoms with Crippen LogP contribution in [0.1, 0.15) is 42.1 Å². The van der Waals surface area contributed by atoms with Crippen LogP contribution in [0, 0.1) is 5.92 Å². The summed E-state index contributed by atoms with van der Waals surface area (Å²) in [6, 6.07) is 15.0. The van der Waals surface area contributed by atoms with E-state index in [2.05, 4.69) is 13.8 Å². The summed E-state index contributed by atoms with van der Waals surface area (Å²) in [5.74, 6) is 0.192. The third kappa shape index (κ3) is 3.66. The van der Waals surface area contributed by atoms with Gasteiger partial charge >= 0.3 is 0 Å². The molecule has 0 radical (unpaired) electrons. The Bertz CT molecular complexity index is 622. The Morgan fingerprint density at radius 3 is 2.29 bits per heavy atom. The number of halogens is 2. The molecule has 0 aliphatic heterocycles. The zero-order valence-corrected chi connectivity index (χ0v) is 13.7. The standard InChI is InChI=1S/C18H18Cl2O/c1-3-12(2)17(13-7-5-4-6-8-13)18(21)14-9-10-15(19)16(20)11-14/h4-12,17H,3H2,1-2H3. The molecule has 1 nitrogen and oxygen atoms in total. The van der Waals surface area contributed by atoms with Crippen LogP contribution in [0.4, 0.5) is 0 Å². The molecule has 0 fully saturated rings. The minimum Gasteiger partial charge on any atom is -0.293 e. The van der Waals surface area contributed by atoms with Crippen LogP contribution in [0.5, 0.6) is 0 Å². The number of ketones is 1. The second-order valence-electron chi connectivity index (χ2n) is 5.27. The molecule has 110 valence electrons. The first kappa shape index (κ1) is 16.1. The first-order chi connectivity index (χ1) is 10.0. The van der Waals surface area contributed by atoms with Crippen molar-refractivity contribution in [2.24, 2.45) is 5.92 Å². The van der Waals surface area contributed by atoms with Gasteiger partial charge in [-0.1, -0.05) is 73.8 Å². The van der Waals surface area contributed by atoms with Gasteiger partial charge in [0.05, 0.1) is 10.0 Å². The number of benzene rings is 2. The monoisotopic (exact) mass is 320 g/mol. The summed E-state index contributed by atoms with van der Waals surface area (Å²) < 4.78 is 0. The number of hydrogen-bond acceptors (Lipinski definition) is 1. The van der Waals surface area contributed by atoms with Gasteiger partial charge < -0.3 is 0 Å². The van der Waals surface area contributed by atoms with Gasteiger partial charge in [0.1, 0.15) is 0 Å². The van der Waals surface area contributed by atoms with Crippen LogP contribution < -0.4 is 0 Å². The van der Waals surface area contributed by atoms with Crippen molar-refractivity contribution in [1.29, 1.82) is 0 Å². The van der Waals surface area contributed by atoms with Gasteiger partial charge in [-0.2, -0.15) is 0 Å². The van der Waals surface area contributed by atoms with Gasteiger partial charge in [-0.3, -0.25) is 4.79 Å². The maximum absolute atomic E-state index is 12.9. The smallest absolute Gasteiger partial charge is 0.170 e. The number of rotatable bonds is 5. The fraction of sp³-hybridized carbons (Fsp3) is 0.278. The third-order valence-electron chi connectivity index (χ3n) is 3.86. The van der Waals surface area contributed by atoms with E-state index in [0.29, 0.717) is 15.6 Å². The summed E-state index contributed by atoms with van der Waals surface area (Å²) in [5, 5.41) is 0.881. The number of carbonyl (C=O) groups excluding carboxylic acids is 1. The zero-order chi connectivity index (χ0) is 15.4. The average Bonchev–Trinajstić information content (AvgIpc) is 2.51. The molecule has 2 atom stereocenters. The Hall–Kier alpha value is -1.31. The van der Waals surface area contributed by atoms with Crippen molar-refractivity contribution in [3.8, 4) is 0 Å². The summed E-state index contributed by atoms with van der Waals surface area (Å²) in [6.45, 7) is 4.20. The summed E-state index contributed by atoms with van der Waals surface area (Å²) in [5.41, 5.74) is 1.65. The molecule has 21 heavy (non-hydrogen) atoms. The van der Waals surface area contributed by atoms with Crippen molar-refractivity contribution < 1.29 is 4.79 Å². The van der Waals surface area contributed by atoms with Crippen molar-refractivity contribution in [2.45, 2.75) is 26.2 Å². The molecule has 2 aromatic rings. The second-order valence-corrected chi connectivity index (χ2v) is 6.08. The van der Waals surface area contributed by atoms with E-state index < -0.39 is 0 Å². The van der Waals surface area contributed by atoms with Crippen LogP contribution in [0.25, 0.3) is 0 Å². The maximum atomic E-state index is 12.9. The first-order valence-electron chi connectivity index (χ1n) is 7.08. The number of carbonyl (C=O) groups is 1. The quantitative estimate of drug-likeness (QED) is 0.617. The zero-order valence-electron chi connectivity index (χ0n) is 12.1. The van der Waals surface area contributed by atoms with Crippen molar-refractivity contribution in [3.05, 3.63) is 69.7 Å². The Kier molecular flexibility index (Phi) is 5.44. The number of hydrogen-bond donors (Lipinski definition) is 0. The predicted octanol–water partition coefficient (Wildman–Crippen LogP) is 6.01. The minimum atomic E-state index is -0.159. The lowest BCUT2D eigenvalue weighted by Crippen LogP contribution is -2.20. The lowest BCUT2D eigenvalue weighted by molar-refractivity contribution is 0.0932. The highest BCUT2D eigenvalue weighted by Crippen LogP contribution is 2.32. The first-order valence-corrected chi connectivity index (χ1v) is 7.84. The van der Waals surface area contributed by atoms with Crippen molar-refractivity contribution in [3.63, 3.8) is 0 Å². The fourth-order valence-corrected chi connectivity index (χ4v) is 2.76. The molecule has 0 saturated carbocycles. The Morgan fingerprint density at radius 2 is 1.71 bits per heavy atom. The van der Waals surface area contributed by atoms with E-state index in [1.807, 2.05) is 30.3 Å². The van der Waals surface area contributed by atoms with Crippen molar-refractivity contribution in [1.82, 2.24) is 0 Å². The Balaban J connectivity index is 2.41. The molecule has 2 aromatic carbocycles. The van der Waals surface area contributed by atoms with E-state index in [4.69, 9.17) is 23.2 Å². The molecule has 0 aliphatic carbocycles. The molecule has 0 N–H and O–H groups in total. The van der Waals surface area contributed by atoms with Gasteiger partial charge in [0.25, 0.3) is 0 Å². The van der Waals surface area contributed by atoms with E-state index in [1.165, 1.54) is 0 Å². The van der Waals surface area contributed by atoms with Crippen LogP contribution >= 0.6 is 23.2 Å². The molecule has 0 amide bonds. The molecule has 0 aliphatic rings. The summed E-state index contributed by atoms with van der Waals surface area (Å²) in [7, 11) is 0. The molecule has 0 aromatic heterocycles. The van der Waals surface area contributed by atoms with Gasteiger partial charge in [-0.05, 0) is 29.7 Å². The summed E-state index contributed by atoms with van der Waals surface area (Å²) in [6.07, 6.45) is 0.937. The molecule has 2 unspecified atom stereocenters. The normalized spacial score (nSPS) is 13.7. The van der Waals surface area contributed by atoms with E-state index in [0.717, 1.165) is 12.0 Å². The molecule has 0 saturated heterocycles. The van der Waals surface area contributed by atoms with Crippen LogP contribution in [0.3, 0.4) is 0 Å². The second kappa shape index (κ2) is 7.11. The molecule has 0 spiro atoms. The largest absolute Gasteiger partial charge is 0.293 e.